The largest absolute Gasteiger partial charge is 0.299 e. The van der Waals surface area contributed by atoms with Crippen molar-refractivity contribution in [1.82, 2.24) is 9.62 Å². The Morgan fingerprint density at radius 1 is 1.08 bits per heavy atom. The maximum Gasteiger partial charge on any atom is 0.240 e. The molecule has 25 heavy (non-hydrogen) atoms. The lowest BCUT2D eigenvalue weighted by atomic mass is 10.0. The van der Waals surface area contributed by atoms with Gasteiger partial charge in [0.15, 0.2) is 0 Å². The molecule has 0 saturated carbocycles. The van der Waals surface area contributed by atoms with Crippen LogP contribution in [0.2, 0.25) is 0 Å². The van der Waals surface area contributed by atoms with Crippen molar-refractivity contribution >= 4 is 10.0 Å². The zero-order valence-corrected chi connectivity index (χ0v) is 14.9. The van der Waals surface area contributed by atoms with E-state index in [2.05, 4.69) is 9.62 Å². The fourth-order valence-electron chi connectivity index (χ4n) is 3.32. The molecule has 1 N–H and O–H groups in total. The lowest BCUT2D eigenvalue weighted by Gasteiger charge is -2.24. The lowest BCUT2D eigenvalue weighted by molar-refractivity contribution is 0.257. The topological polar surface area (TPSA) is 49.4 Å². The molecule has 1 aliphatic rings. The van der Waals surface area contributed by atoms with Gasteiger partial charge in [0, 0.05) is 19.1 Å². The predicted octanol–water partition coefficient (Wildman–Crippen LogP) is 2.81. The number of hydrogen-bond acceptors (Lipinski definition) is 3. The van der Waals surface area contributed by atoms with Crippen LogP contribution in [0, 0.1) is 5.82 Å². The fraction of sp³-hybridized carbons (Fsp3) is 0.368. The first-order chi connectivity index (χ1) is 12.0. The number of halogens is 1. The number of rotatable bonds is 7. The molecular formula is C19H23FN2O2S. The van der Waals surface area contributed by atoms with Crippen LogP contribution in [0.3, 0.4) is 0 Å². The van der Waals surface area contributed by atoms with Gasteiger partial charge in [0.2, 0.25) is 10.0 Å². The summed E-state index contributed by atoms with van der Waals surface area (Å²) >= 11 is 0. The zero-order chi connectivity index (χ0) is 17.7. The van der Waals surface area contributed by atoms with Gasteiger partial charge >= 0.3 is 0 Å². The van der Waals surface area contributed by atoms with Gasteiger partial charge in [0.1, 0.15) is 5.82 Å². The maximum absolute atomic E-state index is 13.0. The molecule has 4 nitrogen and oxygen atoms in total. The SMILES string of the molecule is O=S(=O)(NCCN1CCCC1Cc1ccc(F)cc1)c1ccccc1. The third kappa shape index (κ3) is 4.87. The van der Waals surface area contributed by atoms with Crippen LogP contribution in [0.1, 0.15) is 18.4 Å². The molecule has 2 aromatic carbocycles. The van der Waals surface area contributed by atoms with E-state index in [-0.39, 0.29) is 5.82 Å². The van der Waals surface area contributed by atoms with E-state index < -0.39 is 10.0 Å². The van der Waals surface area contributed by atoms with Crippen LogP contribution in [0.5, 0.6) is 0 Å². The standard InChI is InChI=1S/C19H23FN2O2S/c20-17-10-8-16(9-11-17)15-18-5-4-13-22(18)14-12-21-25(23,24)19-6-2-1-3-7-19/h1-3,6-11,18,21H,4-5,12-15H2. The second-order valence-electron chi connectivity index (χ2n) is 6.37. The molecule has 1 aliphatic heterocycles. The summed E-state index contributed by atoms with van der Waals surface area (Å²) in [5.41, 5.74) is 1.11. The molecule has 1 atom stereocenters. The maximum atomic E-state index is 13.0. The molecule has 1 unspecified atom stereocenters. The second-order valence-corrected chi connectivity index (χ2v) is 8.14. The number of hydrogen-bond donors (Lipinski definition) is 1. The molecule has 134 valence electrons. The first-order valence-corrected chi connectivity index (χ1v) is 10.1. The lowest BCUT2D eigenvalue weighted by Crippen LogP contribution is -2.38. The Kier molecular flexibility index (Phi) is 5.83. The van der Waals surface area contributed by atoms with Crippen molar-refractivity contribution in [3.05, 3.63) is 66.0 Å². The average molecular weight is 362 g/mol. The molecule has 3 rings (SSSR count). The van der Waals surface area contributed by atoms with Gasteiger partial charge in [-0.2, -0.15) is 0 Å². The summed E-state index contributed by atoms with van der Waals surface area (Å²) in [5, 5.41) is 0. The molecule has 0 bridgehead atoms. The zero-order valence-electron chi connectivity index (χ0n) is 14.1. The third-order valence-corrected chi connectivity index (χ3v) is 6.11. The Morgan fingerprint density at radius 2 is 1.80 bits per heavy atom. The van der Waals surface area contributed by atoms with E-state index in [0.29, 0.717) is 24.0 Å². The number of benzene rings is 2. The molecule has 0 amide bonds. The molecule has 0 spiro atoms. The molecule has 6 heteroatoms. The molecule has 0 radical (unpaired) electrons. The number of likely N-dealkylation sites (tertiary alicyclic amines) is 1. The quantitative estimate of drug-likeness (QED) is 0.824. The van der Waals surface area contributed by atoms with Crippen molar-refractivity contribution in [3.63, 3.8) is 0 Å². The van der Waals surface area contributed by atoms with Crippen LogP contribution in [-0.4, -0.2) is 39.0 Å². The minimum atomic E-state index is -3.45. The molecule has 1 fully saturated rings. The Bertz CT molecular complexity index is 779. The van der Waals surface area contributed by atoms with Crippen LogP contribution in [0.4, 0.5) is 4.39 Å². The third-order valence-electron chi connectivity index (χ3n) is 4.63. The van der Waals surface area contributed by atoms with Crippen molar-refractivity contribution in [2.75, 3.05) is 19.6 Å². The van der Waals surface area contributed by atoms with E-state index in [0.717, 1.165) is 31.4 Å². The van der Waals surface area contributed by atoms with Crippen LogP contribution in [0.15, 0.2) is 59.5 Å². The van der Waals surface area contributed by atoms with Crippen molar-refractivity contribution in [1.29, 1.82) is 0 Å². The van der Waals surface area contributed by atoms with Gasteiger partial charge in [-0.15, -0.1) is 0 Å². The molecule has 2 aromatic rings. The van der Waals surface area contributed by atoms with Crippen LogP contribution in [0.25, 0.3) is 0 Å². The van der Waals surface area contributed by atoms with Crippen molar-refractivity contribution < 1.29 is 12.8 Å². The Labute approximate surface area is 148 Å². The highest BCUT2D eigenvalue weighted by molar-refractivity contribution is 7.89. The van der Waals surface area contributed by atoms with Crippen molar-refractivity contribution in [2.45, 2.75) is 30.2 Å². The highest BCUT2D eigenvalue weighted by Crippen LogP contribution is 2.21. The highest BCUT2D eigenvalue weighted by Gasteiger charge is 2.24. The van der Waals surface area contributed by atoms with E-state index in [9.17, 15) is 12.8 Å². The summed E-state index contributed by atoms with van der Waals surface area (Å²) < 4.78 is 40.2. The highest BCUT2D eigenvalue weighted by atomic mass is 32.2. The molecule has 1 heterocycles. The molecule has 0 aliphatic carbocycles. The average Bonchev–Trinajstić information content (AvgIpc) is 3.05. The number of sulfonamides is 1. The summed E-state index contributed by atoms with van der Waals surface area (Å²) in [6.07, 6.45) is 3.06. The first kappa shape index (κ1) is 18.0. The monoisotopic (exact) mass is 362 g/mol. The normalized spacial score (nSPS) is 18.5. The van der Waals surface area contributed by atoms with Crippen LogP contribution in [-0.2, 0) is 16.4 Å². The number of nitrogens with one attached hydrogen (secondary N) is 1. The van der Waals surface area contributed by atoms with Gasteiger partial charge in [-0.25, -0.2) is 17.5 Å². The number of nitrogens with zero attached hydrogens (tertiary/aromatic N) is 1. The smallest absolute Gasteiger partial charge is 0.240 e. The van der Waals surface area contributed by atoms with Gasteiger partial charge in [-0.05, 0) is 55.6 Å². The van der Waals surface area contributed by atoms with Crippen LogP contribution >= 0.6 is 0 Å². The summed E-state index contributed by atoms with van der Waals surface area (Å²) in [6.45, 7) is 2.04. The van der Waals surface area contributed by atoms with E-state index in [1.807, 2.05) is 12.1 Å². The summed E-state index contributed by atoms with van der Waals surface area (Å²) in [4.78, 5) is 2.61. The van der Waals surface area contributed by atoms with E-state index in [4.69, 9.17) is 0 Å². The van der Waals surface area contributed by atoms with Crippen molar-refractivity contribution in [3.8, 4) is 0 Å². The first-order valence-electron chi connectivity index (χ1n) is 8.58. The molecule has 1 saturated heterocycles. The van der Waals surface area contributed by atoms with Gasteiger partial charge in [-0.3, -0.25) is 4.90 Å². The van der Waals surface area contributed by atoms with Crippen LogP contribution < -0.4 is 4.72 Å². The molecule has 0 aromatic heterocycles. The minimum Gasteiger partial charge on any atom is -0.299 e. The molecular weight excluding hydrogens is 339 g/mol. The van der Waals surface area contributed by atoms with Gasteiger partial charge in [-0.1, -0.05) is 30.3 Å². The Balaban J connectivity index is 1.53. The van der Waals surface area contributed by atoms with E-state index in [1.165, 1.54) is 12.1 Å². The summed E-state index contributed by atoms with van der Waals surface area (Å²) in [7, 11) is -3.45. The van der Waals surface area contributed by atoms with Gasteiger partial charge < -0.3 is 0 Å². The van der Waals surface area contributed by atoms with Gasteiger partial charge in [0.25, 0.3) is 0 Å². The van der Waals surface area contributed by atoms with Crippen molar-refractivity contribution in [2.24, 2.45) is 0 Å². The van der Waals surface area contributed by atoms with Gasteiger partial charge in [0.05, 0.1) is 4.90 Å². The van der Waals surface area contributed by atoms with E-state index in [1.54, 1.807) is 30.3 Å². The minimum absolute atomic E-state index is 0.220. The second kappa shape index (κ2) is 8.08. The summed E-state index contributed by atoms with van der Waals surface area (Å²) in [5.74, 6) is -0.220. The Hall–Kier alpha value is -1.76. The van der Waals surface area contributed by atoms with E-state index >= 15 is 0 Å². The summed E-state index contributed by atoms with van der Waals surface area (Å²) in [6, 6.07) is 15.4. The predicted molar refractivity (Wildman–Crippen MR) is 96.3 cm³/mol. The Morgan fingerprint density at radius 3 is 2.52 bits per heavy atom. The fourth-order valence-corrected chi connectivity index (χ4v) is 4.36.